The standard InChI is InChI=1S/C8H6N4O/c1-6-2-8(12-13-6)11-5-7(3-9)4-10/h2,5H,1H3,(H,11,12). The van der Waals surface area contributed by atoms with Crippen LogP contribution >= 0.6 is 0 Å². The molecule has 5 nitrogen and oxygen atoms in total. The van der Waals surface area contributed by atoms with Gasteiger partial charge in [-0.1, -0.05) is 5.16 Å². The second kappa shape index (κ2) is 3.93. The Morgan fingerprint density at radius 1 is 1.62 bits per heavy atom. The van der Waals surface area contributed by atoms with Crippen LogP contribution < -0.4 is 5.32 Å². The third-order valence-corrected chi connectivity index (χ3v) is 1.23. The summed E-state index contributed by atoms with van der Waals surface area (Å²) < 4.78 is 4.76. The number of hydrogen-bond donors (Lipinski definition) is 1. The summed E-state index contributed by atoms with van der Waals surface area (Å²) in [5.74, 6) is 1.13. The molecule has 13 heavy (non-hydrogen) atoms. The van der Waals surface area contributed by atoms with Crippen molar-refractivity contribution in [1.82, 2.24) is 5.16 Å². The first-order chi connectivity index (χ1) is 6.26. The van der Waals surface area contributed by atoms with Crippen LogP contribution in [0.2, 0.25) is 0 Å². The van der Waals surface area contributed by atoms with Gasteiger partial charge in [-0.05, 0) is 6.92 Å². The van der Waals surface area contributed by atoms with Crippen LogP contribution in [0.1, 0.15) is 5.76 Å². The van der Waals surface area contributed by atoms with E-state index in [0.717, 1.165) is 0 Å². The number of nitriles is 2. The van der Waals surface area contributed by atoms with Crippen molar-refractivity contribution in [2.45, 2.75) is 6.92 Å². The second-order valence-corrected chi connectivity index (χ2v) is 2.25. The monoisotopic (exact) mass is 174 g/mol. The fourth-order valence-corrected chi connectivity index (χ4v) is 0.670. The van der Waals surface area contributed by atoms with E-state index in [1.165, 1.54) is 6.20 Å². The molecule has 0 radical (unpaired) electrons. The van der Waals surface area contributed by atoms with E-state index in [2.05, 4.69) is 10.5 Å². The van der Waals surface area contributed by atoms with Crippen molar-refractivity contribution in [3.63, 3.8) is 0 Å². The van der Waals surface area contributed by atoms with Crippen LogP contribution in [0.15, 0.2) is 22.4 Å². The van der Waals surface area contributed by atoms with Crippen LogP contribution in [0.3, 0.4) is 0 Å². The third-order valence-electron chi connectivity index (χ3n) is 1.23. The molecule has 0 unspecified atom stereocenters. The highest BCUT2D eigenvalue weighted by molar-refractivity contribution is 5.44. The van der Waals surface area contributed by atoms with Crippen molar-refractivity contribution in [2.75, 3.05) is 5.32 Å². The van der Waals surface area contributed by atoms with Gasteiger partial charge < -0.3 is 9.84 Å². The smallest absolute Gasteiger partial charge is 0.173 e. The summed E-state index contributed by atoms with van der Waals surface area (Å²) in [4.78, 5) is 0. The highest BCUT2D eigenvalue weighted by atomic mass is 16.5. The predicted octanol–water partition coefficient (Wildman–Crippen LogP) is 1.33. The fraction of sp³-hybridized carbons (Fsp3) is 0.125. The molecule has 0 saturated carbocycles. The Bertz CT molecular complexity index is 389. The molecule has 0 fully saturated rings. The maximum Gasteiger partial charge on any atom is 0.173 e. The molecule has 1 N–H and O–H groups in total. The zero-order valence-corrected chi connectivity index (χ0v) is 6.90. The molecule has 0 aliphatic rings. The van der Waals surface area contributed by atoms with Crippen molar-refractivity contribution in [1.29, 1.82) is 10.5 Å². The molecule has 5 heteroatoms. The maximum atomic E-state index is 8.38. The molecular weight excluding hydrogens is 168 g/mol. The summed E-state index contributed by atoms with van der Waals surface area (Å²) in [5.41, 5.74) is -0.0133. The van der Waals surface area contributed by atoms with Gasteiger partial charge in [0.25, 0.3) is 0 Å². The number of aryl methyl sites for hydroxylation is 1. The van der Waals surface area contributed by atoms with Crippen LogP contribution in [-0.4, -0.2) is 5.16 Å². The fourth-order valence-electron chi connectivity index (χ4n) is 0.670. The van der Waals surface area contributed by atoms with Crippen LogP contribution in [-0.2, 0) is 0 Å². The van der Waals surface area contributed by atoms with Gasteiger partial charge in [0.05, 0.1) is 0 Å². The molecule has 1 rings (SSSR count). The van der Waals surface area contributed by atoms with Crippen molar-refractivity contribution in [2.24, 2.45) is 0 Å². The largest absolute Gasteiger partial charge is 0.360 e. The van der Waals surface area contributed by atoms with Gasteiger partial charge in [-0.25, -0.2) is 0 Å². The Labute approximate surface area is 74.9 Å². The van der Waals surface area contributed by atoms with E-state index in [1.807, 2.05) is 0 Å². The Hall–Kier alpha value is -2.27. The van der Waals surface area contributed by atoms with Crippen LogP contribution in [0.25, 0.3) is 0 Å². The van der Waals surface area contributed by atoms with Crippen molar-refractivity contribution in [3.05, 3.63) is 23.6 Å². The molecule has 0 atom stereocenters. The van der Waals surface area contributed by atoms with Gasteiger partial charge in [0.2, 0.25) is 0 Å². The van der Waals surface area contributed by atoms with Gasteiger partial charge in [-0.3, -0.25) is 0 Å². The molecule has 1 aromatic rings. The van der Waals surface area contributed by atoms with Gasteiger partial charge in [0.1, 0.15) is 23.5 Å². The predicted molar refractivity (Wildman–Crippen MR) is 44.2 cm³/mol. The molecule has 1 heterocycles. The molecule has 0 bridgehead atoms. The van der Waals surface area contributed by atoms with Crippen LogP contribution in [0, 0.1) is 29.6 Å². The number of nitrogens with one attached hydrogen (secondary N) is 1. The van der Waals surface area contributed by atoms with E-state index >= 15 is 0 Å². The molecule has 0 aromatic carbocycles. The molecule has 0 saturated heterocycles. The lowest BCUT2D eigenvalue weighted by atomic mass is 10.3. The molecule has 0 aliphatic heterocycles. The highest BCUT2D eigenvalue weighted by Gasteiger charge is 1.97. The van der Waals surface area contributed by atoms with Crippen LogP contribution in [0.4, 0.5) is 5.82 Å². The average Bonchev–Trinajstić information content (AvgIpc) is 2.53. The Morgan fingerprint density at radius 3 is 2.77 bits per heavy atom. The number of allylic oxidation sites excluding steroid dienone is 1. The molecule has 1 aromatic heterocycles. The van der Waals surface area contributed by atoms with Gasteiger partial charge >= 0.3 is 0 Å². The van der Waals surface area contributed by atoms with Gasteiger partial charge in [0.15, 0.2) is 5.82 Å². The number of anilines is 1. The quantitative estimate of drug-likeness (QED) is 0.683. The summed E-state index contributed by atoms with van der Waals surface area (Å²) in [6.45, 7) is 1.75. The van der Waals surface area contributed by atoms with E-state index in [1.54, 1.807) is 25.1 Å². The Morgan fingerprint density at radius 2 is 2.31 bits per heavy atom. The summed E-state index contributed by atoms with van der Waals surface area (Å²) in [6, 6.07) is 5.07. The summed E-state index contributed by atoms with van der Waals surface area (Å²) in [7, 11) is 0. The van der Waals surface area contributed by atoms with E-state index in [0.29, 0.717) is 11.6 Å². The van der Waals surface area contributed by atoms with Gasteiger partial charge in [-0.2, -0.15) is 10.5 Å². The third kappa shape index (κ3) is 2.35. The van der Waals surface area contributed by atoms with Crippen molar-refractivity contribution >= 4 is 5.82 Å². The first-order valence-corrected chi connectivity index (χ1v) is 3.46. The summed E-state index contributed by atoms with van der Waals surface area (Å²) in [6.07, 6.45) is 1.28. The molecule has 64 valence electrons. The highest BCUT2D eigenvalue weighted by Crippen LogP contribution is 2.07. The number of aromatic nitrogens is 1. The minimum Gasteiger partial charge on any atom is -0.360 e. The normalized spacial score (nSPS) is 8.23. The first kappa shape index (κ1) is 8.82. The van der Waals surface area contributed by atoms with Crippen LogP contribution in [0.5, 0.6) is 0 Å². The van der Waals surface area contributed by atoms with Crippen molar-refractivity contribution in [3.8, 4) is 12.1 Å². The lowest BCUT2D eigenvalue weighted by Crippen LogP contribution is -1.88. The molecule has 0 amide bonds. The molecule has 0 spiro atoms. The lowest BCUT2D eigenvalue weighted by molar-refractivity contribution is 0.400. The average molecular weight is 174 g/mol. The molecular formula is C8H6N4O. The Kier molecular flexibility index (Phi) is 2.67. The van der Waals surface area contributed by atoms with Crippen molar-refractivity contribution < 1.29 is 4.52 Å². The summed E-state index contributed by atoms with van der Waals surface area (Å²) >= 11 is 0. The zero-order chi connectivity index (χ0) is 9.68. The zero-order valence-electron chi connectivity index (χ0n) is 6.90. The van der Waals surface area contributed by atoms with E-state index in [9.17, 15) is 0 Å². The van der Waals surface area contributed by atoms with E-state index in [4.69, 9.17) is 15.0 Å². The topological polar surface area (TPSA) is 85.6 Å². The number of hydrogen-bond acceptors (Lipinski definition) is 5. The first-order valence-electron chi connectivity index (χ1n) is 3.46. The van der Waals surface area contributed by atoms with E-state index in [-0.39, 0.29) is 5.57 Å². The van der Waals surface area contributed by atoms with Gasteiger partial charge in [-0.15, -0.1) is 0 Å². The van der Waals surface area contributed by atoms with Gasteiger partial charge in [0, 0.05) is 12.3 Å². The molecule has 0 aliphatic carbocycles. The summed E-state index contributed by atoms with van der Waals surface area (Å²) in [5, 5.41) is 23.0. The lowest BCUT2D eigenvalue weighted by Gasteiger charge is -1.89. The number of rotatable bonds is 2. The minimum absolute atomic E-state index is 0.0133. The SMILES string of the molecule is Cc1cc(NC=C(C#N)C#N)no1. The Balaban J connectivity index is 2.68. The van der Waals surface area contributed by atoms with E-state index < -0.39 is 0 Å². The maximum absolute atomic E-state index is 8.38. The minimum atomic E-state index is -0.0133. The number of nitrogens with zero attached hydrogens (tertiary/aromatic N) is 3. The second-order valence-electron chi connectivity index (χ2n) is 2.25.